The molecule has 10 rings (SSSR count). The molecule has 5 nitrogen and oxygen atoms in total. The van der Waals surface area contributed by atoms with Gasteiger partial charge in [0.05, 0.1) is 28.1 Å². The van der Waals surface area contributed by atoms with E-state index in [-0.39, 0.29) is 25.5 Å². The van der Waals surface area contributed by atoms with Gasteiger partial charge < -0.3 is 8.98 Å². The van der Waals surface area contributed by atoms with Crippen LogP contribution in [0, 0.1) is 31.9 Å². The molecule has 0 fully saturated rings. The van der Waals surface area contributed by atoms with Crippen LogP contribution in [0.3, 0.4) is 0 Å². The van der Waals surface area contributed by atoms with E-state index in [0.717, 1.165) is 101 Å². The Hall–Kier alpha value is -5.92. The fourth-order valence-corrected chi connectivity index (χ4v) is 12.4. The Morgan fingerprint density at radius 3 is 1.99 bits per heavy atom. The summed E-state index contributed by atoms with van der Waals surface area (Å²) in [5.74, 6) is 8.78. The average Bonchev–Trinajstić information content (AvgIpc) is 3.88. The Bertz CT molecular complexity index is 3280. The largest absolute Gasteiger partial charge is 0.500 e. The second-order valence-electron chi connectivity index (χ2n) is 20.0. The van der Waals surface area contributed by atoms with Crippen LogP contribution in [0.2, 0.25) is 17.3 Å². The van der Waals surface area contributed by atoms with E-state index in [9.17, 15) is 0 Å². The van der Waals surface area contributed by atoms with Crippen LogP contribution in [0.5, 0.6) is 0 Å². The first-order chi connectivity index (χ1) is 31.7. The maximum atomic E-state index is 6.66. The number of para-hydroxylation sites is 2. The second-order valence-corrected chi connectivity index (χ2v) is 30.6. The van der Waals surface area contributed by atoms with Crippen molar-refractivity contribution in [3.8, 4) is 50.6 Å². The average molecular weight is 1120 g/mol. The van der Waals surface area contributed by atoms with E-state index < -0.39 is 13.3 Å². The SMILES string of the molecule is CC(C)Cc1cc(-c2[c-]cccc2)nc[c]1[Ge]([CH3])([CH3])[CH3].Cc1cc2oc3c(-c4nc5ccccc5n4-c4c(-c5ccccc5)cc(C(C)(C)C)cc4-c4ccccc4)[c-]cc(C)c3c2cn1.[Ir]. The zero-order valence-electron chi connectivity index (χ0n) is 40.2. The molecule has 1 radical (unpaired) electrons. The Balaban J connectivity index is 0.000000244. The van der Waals surface area contributed by atoms with Crippen molar-refractivity contribution in [1.29, 1.82) is 0 Å². The van der Waals surface area contributed by atoms with E-state index in [1.165, 1.54) is 11.1 Å². The van der Waals surface area contributed by atoms with Crippen LogP contribution in [0.25, 0.3) is 83.6 Å². The zero-order valence-corrected chi connectivity index (χ0v) is 44.7. The third-order valence-corrected chi connectivity index (χ3v) is 16.7. The topological polar surface area (TPSA) is 56.7 Å². The molecule has 0 saturated heterocycles. The smallest absolute Gasteiger partial charge is 0.124 e. The molecule has 0 amide bonds. The first kappa shape index (κ1) is 47.6. The van der Waals surface area contributed by atoms with Gasteiger partial charge in [0.15, 0.2) is 0 Å². The minimum absolute atomic E-state index is 0. The Morgan fingerprint density at radius 2 is 1.37 bits per heavy atom. The molecular weight excluding hydrogens is 1060 g/mol. The van der Waals surface area contributed by atoms with Crippen LogP contribution in [0.15, 0.2) is 156 Å². The molecule has 6 aromatic carbocycles. The normalized spacial score (nSPS) is 11.8. The molecular formula is C60H58GeIrN4O-2. The summed E-state index contributed by atoms with van der Waals surface area (Å²) in [7, 11) is 0. The summed E-state index contributed by atoms with van der Waals surface area (Å²) in [4.78, 5) is 14.6. The van der Waals surface area contributed by atoms with Gasteiger partial charge in [0.25, 0.3) is 0 Å². The van der Waals surface area contributed by atoms with Crippen LogP contribution in [-0.2, 0) is 31.9 Å². The number of aromatic nitrogens is 4. The third-order valence-electron chi connectivity index (χ3n) is 12.3. The summed E-state index contributed by atoms with van der Waals surface area (Å²) < 4.78 is 10.5. The van der Waals surface area contributed by atoms with E-state index in [2.05, 4.69) is 196 Å². The van der Waals surface area contributed by atoms with Crippen LogP contribution in [-0.4, -0.2) is 32.8 Å². The minimum atomic E-state index is -1.86. The number of fused-ring (bicyclic) bond motifs is 4. The molecule has 0 aliphatic carbocycles. The van der Waals surface area contributed by atoms with Gasteiger partial charge in [0.1, 0.15) is 5.58 Å². The first-order valence-corrected chi connectivity index (χ1v) is 30.4. The molecule has 4 heterocycles. The van der Waals surface area contributed by atoms with Crippen LogP contribution >= 0.6 is 0 Å². The van der Waals surface area contributed by atoms with Crippen molar-refractivity contribution in [3.05, 3.63) is 186 Å². The summed E-state index contributed by atoms with van der Waals surface area (Å²) in [6.07, 6.45) is 5.19. The Labute approximate surface area is 412 Å². The molecule has 0 atom stereocenters. The fourth-order valence-electron chi connectivity index (χ4n) is 9.03. The molecule has 0 bridgehead atoms. The molecule has 0 spiro atoms. The molecule has 0 saturated carbocycles. The minimum Gasteiger partial charge on any atom is -0.500 e. The van der Waals surface area contributed by atoms with Crippen LogP contribution in [0.1, 0.15) is 57.0 Å². The van der Waals surface area contributed by atoms with Crippen molar-refractivity contribution >= 4 is 50.6 Å². The van der Waals surface area contributed by atoms with Gasteiger partial charge in [-0.1, -0.05) is 111 Å². The molecule has 0 aliphatic heterocycles. The van der Waals surface area contributed by atoms with Gasteiger partial charge in [-0.05, 0) is 53.3 Å². The number of imidazole rings is 1. The number of hydrogen-bond acceptors (Lipinski definition) is 4. The molecule has 4 aromatic heterocycles. The van der Waals surface area contributed by atoms with E-state index in [1.807, 2.05) is 43.5 Å². The molecule has 67 heavy (non-hydrogen) atoms. The predicted octanol–water partition coefficient (Wildman–Crippen LogP) is 15.3. The summed E-state index contributed by atoms with van der Waals surface area (Å²) >= 11 is -1.86. The van der Waals surface area contributed by atoms with Gasteiger partial charge in [-0.3, -0.25) is 9.97 Å². The molecule has 0 unspecified atom stereocenters. The molecule has 339 valence electrons. The van der Waals surface area contributed by atoms with Gasteiger partial charge >= 0.3 is 126 Å². The van der Waals surface area contributed by atoms with Crippen molar-refractivity contribution in [3.63, 3.8) is 0 Å². The maximum absolute atomic E-state index is 6.66. The quantitative estimate of drug-likeness (QED) is 0.112. The monoisotopic (exact) mass is 1120 g/mol. The van der Waals surface area contributed by atoms with Crippen LogP contribution in [0.4, 0.5) is 0 Å². The summed E-state index contributed by atoms with van der Waals surface area (Å²) in [5, 5.41) is 2.05. The molecule has 0 aliphatic rings. The van der Waals surface area contributed by atoms with Gasteiger partial charge in [-0.2, -0.15) is 0 Å². The van der Waals surface area contributed by atoms with E-state index in [0.29, 0.717) is 5.92 Å². The molecule has 0 N–H and O–H groups in total. The van der Waals surface area contributed by atoms with E-state index in [1.54, 1.807) is 4.40 Å². The zero-order chi connectivity index (χ0) is 46.3. The number of nitrogens with zero attached hydrogens (tertiary/aromatic N) is 4. The van der Waals surface area contributed by atoms with Crippen molar-refractivity contribution in [2.75, 3.05) is 0 Å². The van der Waals surface area contributed by atoms with Crippen molar-refractivity contribution < 1.29 is 24.5 Å². The number of furan rings is 1. The van der Waals surface area contributed by atoms with E-state index in [4.69, 9.17) is 14.4 Å². The maximum Gasteiger partial charge on any atom is 0.124 e. The van der Waals surface area contributed by atoms with Gasteiger partial charge in [0, 0.05) is 54.6 Å². The number of aryl methyl sites for hydroxylation is 2. The summed E-state index contributed by atoms with van der Waals surface area (Å²) in [6.45, 7) is 15.5. The number of hydrogen-bond donors (Lipinski definition) is 0. The third kappa shape index (κ3) is 9.76. The summed E-state index contributed by atoms with van der Waals surface area (Å²) in [6, 6.07) is 55.8. The van der Waals surface area contributed by atoms with Crippen molar-refractivity contribution in [2.45, 2.75) is 77.6 Å². The van der Waals surface area contributed by atoms with Gasteiger partial charge in [-0.25, -0.2) is 0 Å². The fraction of sp³-hybridized carbons (Fsp3) is 0.217. The van der Waals surface area contributed by atoms with Crippen molar-refractivity contribution in [2.24, 2.45) is 5.92 Å². The second kappa shape index (κ2) is 19.4. The first-order valence-electron chi connectivity index (χ1n) is 23.1. The van der Waals surface area contributed by atoms with E-state index >= 15 is 0 Å². The molecule has 7 heteroatoms. The number of pyridine rings is 2. The number of benzene rings is 6. The summed E-state index contributed by atoms with van der Waals surface area (Å²) in [5.41, 5.74) is 16.8. The molecule has 10 aromatic rings. The van der Waals surface area contributed by atoms with Crippen molar-refractivity contribution in [1.82, 2.24) is 19.5 Å². The van der Waals surface area contributed by atoms with Crippen LogP contribution < -0.4 is 4.40 Å². The standard InChI is InChI=1S/C42H34N3O.C18H24GeN.Ir/c1-26-20-21-31(40-38(26)34-25-43-27(2)22-37(34)46-40)41-44-35-18-12-13-19-36(35)45(41)39-32(28-14-8-6-9-15-28)23-30(42(3,4)5)24-33(39)29-16-10-7-11-17-29;1-14(2)11-16-12-18(15-9-7-6-8-10-15)20-13-17(16)19(3,4)5;/h6-20,22-25H,1-5H3;6-9,12-14H,11H2,1-5H3;/q2*-1;. The van der Waals surface area contributed by atoms with Gasteiger partial charge in [-0.15, -0.1) is 17.7 Å². The predicted molar refractivity (Wildman–Crippen MR) is 279 cm³/mol. The number of rotatable bonds is 8. The Kier molecular flexibility index (Phi) is 13.7. The van der Waals surface area contributed by atoms with Gasteiger partial charge in [0.2, 0.25) is 0 Å². The Morgan fingerprint density at radius 1 is 0.731 bits per heavy atom.